The van der Waals surface area contributed by atoms with Gasteiger partial charge in [0.2, 0.25) is 6.79 Å². The number of methoxy groups -OCH3 is 1. The molecule has 0 amide bonds. The summed E-state index contributed by atoms with van der Waals surface area (Å²) in [6, 6.07) is 5.57. The molecule has 0 spiro atoms. The van der Waals surface area contributed by atoms with Crippen LogP contribution in [0, 0.1) is 0 Å². The maximum Gasteiger partial charge on any atom is 0.358 e. The van der Waals surface area contributed by atoms with E-state index in [1.807, 2.05) is 22.9 Å². The summed E-state index contributed by atoms with van der Waals surface area (Å²) in [6.45, 7) is 1.53. The zero-order valence-electron chi connectivity index (χ0n) is 14.8. The van der Waals surface area contributed by atoms with Crippen molar-refractivity contribution in [3.8, 4) is 17.2 Å². The summed E-state index contributed by atoms with van der Waals surface area (Å²) in [5.41, 5.74) is 2.69. The quantitative estimate of drug-likeness (QED) is 0.584. The summed E-state index contributed by atoms with van der Waals surface area (Å²) in [5.74, 6) is 1.87. The van der Waals surface area contributed by atoms with Gasteiger partial charge in [-0.1, -0.05) is 0 Å². The molecule has 0 N–H and O–H groups in total. The van der Waals surface area contributed by atoms with Crippen molar-refractivity contribution >= 4 is 5.97 Å². The summed E-state index contributed by atoms with van der Waals surface area (Å²) in [6.07, 6.45) is 4.88. The number of ether oxygens (including phenoxy) is 4. The predicted octanol–water partition coefficient (Wildman–Crippen LogP) is 2.75. The van der Waals surface area contributed by atoms with E-state index in [0.717, 1.165) is 49.2 Å². The van der Waals surface area contributed by atoms with Crippen LogP contribution in [0.2, 0.25) is 0 Å². The second kappa shape index (κ2) is 7.27. The average Bonchev–Trinajstić information content (AvgIpc) is 3.29. The van der Waals surface area contributed by atoms with Gasteiger partial charge in [0.1, 0.15) is 5.75 Å². The minimum absolute atomic E-state index is 0.256. The molecule has 7 heteroatoms. The molecule has 0 unspecified atom stereocenters. The van der Waals surface area contributed by atoms with Gasteiger partial charge in [-0.05, 0) is 37.8 Å². The fourth-order valence-corrected chi connectivity index (χ4v) is 3.49. The Kier molecular flexibility index (Phi) is 4.69. The van der Waals surface area contributed by atoms with Crippen LogP contribution in [0.15, 0.2) is 18.2 Å². The molecule has 1 aliphatic carbocycles. The fourth-order valence-electron chi connectivity index (χ4n) is 3.49. The number of rotatable bonds is 6. The Labute approximate surface area is 151 Å². The van der Waals surface area contributed by atoms with Gasteiger partial charge in [0, 0.05) is 30.3 Å². The van der Waals surface area contributed by atoms with Crippen molar-refractivity contribution in [2.24, 2.45) is 0 Å². The van der Waals surface area contributed by atoms with Crippen molar-refractivity contribution in [3.63, 3.8) is 0 Å². The van der Waals surface area contributed by atoms with Crippen molar-refractivity contribution in [3.05, 3.63) is 35.2 Å². The normalized spacial score (nSPS) is 14.8. The van der Waals surface area contributed by atoms with E-state index in [1.54, 1.807) is 0 Å². The van der Waals surface area contributed by atoms with Gasteiger partial charge in [0.05, 0.1) is 13.7 Å². The molecule has 0 fully saturated rings. The number of carbonyl (C=O) groups excluding carboxylic acids is 1. The van der Waals surface area contributed by atoms with Crippen molar-refractivity contribution in [1.29, 1.82) is 0 Å². The molecule has 138 valence electrons. The van der Waals surface area contributed by atoms with Crippen molar-refractivity contribution in [2.45, 2.75) is 38.6 Å². The van der Waals surface area contributed by atoms with Crippen molar-refractivity contribution in [2.75, 3.05) is 20.5 Å². The van der Waals surface area contributed by atoms with E-state index >= 15 is 0 Å². The fraction of sp³-hybridized carbons (Fsp3) is 0.474. The first-order valence-corrected chi connectivity index (χ1v) is 8.95. The predicted molar refractivity (Wildman–Crippen MR) is 92.9 cm³/mol. The van der Waals surface area contributed by atoms with Crippen LogP contribution in [-0.2, 0) is 24.1 Å². The van der Waals surface area contributed by atoms with E-state index < -0.39 is 0 Å². The van der Waals surface area contributed by atoms with Gasteiger partial charge in [-0.2, -0.15) is 5.10 Å². The molecule has 1 aromatic carbocycles. The summed E-state index contributed by atoms with van der Waals surface area (Å²) < 4.78 is 23.3. The topological polar surface area (TPSA) is 71.8 Å². The van der Waals surface area contributed by atoms with Crippen molar-refractivity contribution in [1.82, 2.24) is 9.78 Å². The molecule has 1 aliphatic heterocycles. The largest absolute Gasteiger partial charge is 0.493 e. The second-order valence-corrected chi connectivity index (χ2v) is 6.41. The highest BCUT2D eigenvalue weighted by Gasteiger charge is 2.25. The molecular weight excluding hydrogens is 336 g/mol. The van der Waals surface area contributed by atoms with Gasteiger partial charge < -0.3 is 18.9 Å². The van der Waals surface area contributed by atoms with Crippen LogP contribution in [0.5, 0.6) is 17.2 Å². The summed E-state index contributed by atoms with van der Waals surface area (Å²) in [4.78, 5) is 12.0. The lowest BCUT2D eigenvalue weighted by Crippen LogP contribution is -2.11. The smallest absolute Gasteiger partial charge is 0.358 e. The Balaban J connectivity index is 1.37. The number of aryl methyl sites for hydroxylation is 1. The highest BCUT2D eigenvalue weighted by Crippen LogP contribution is 2.35. The number of fused-ring (bicyclic) bond motifs is 2. The van der Waals surface area contributed by atoms with Crippen LogP contribution in [-0.4, -0.2) is 36.3 Å². The van der Waals surface area contributed by atoms with Gasteiger partial charge >= 0.3 is 5.97 Å². The number of benzene rings is 1. The molecular formula is C19H22N2O5. The lowest BCUT2D eigenvalue weighted by molar-refractivity contribution is 0.0591. The van der Waals surface area contributed by atoms with Gasteiger partial charge in [-0.3, -0.25) is 4.68 Å². The zero-order valence-corrected chi connectivity index (χ0v) is 14.8. The van der Waals surface area contributed by atoms with Gasteiger partial charge in [0.15, 0.2) is 17.2 Å². The van der Waals surface area contributed by atoms with E-state index in [-0.39, 0.29) is 12.8 Å². The maximum atomic E-state index is 12.0. The molecule has 0 bridgehead atoms. The third-order valence-electron chi connectivity index (χ3n) is 4.76. The van der Waals surface area contributed by atoms with Crippen LogP contribution in [0.1, 0.15) is 41.0 Å². The van der Waals surface area contributed by atoms with Crippen LogP contribution in [0.4, 0.5) is 0 Å². The molecule has 0 saturated heterocycles. The standard InChI is InChI=1S/C19H22N2O5/c1-23-19(22)18-14-5-2-3-6-15(14)21(20-18)9-4-10-24-13-7-8-16-17(11-13)26-12-25-16/h7-8,11H,2-6,9-10,12H2,1H3. The maximum absolute atomic E-state index is 12.0. The number of esters is 1. The molecule has 0 saturated carbocycles. The Morgan fingerprint density at radius 2 is 2.08 bits per heavy atom. The van der Waals surface area contributed by atoms with Crippen LogP contribution >= 0.6 is 0 Å². The van der Waals surface area contributed by atoms with Crippen LogP contribution in [0.3, 0.4) is 0 Å². The number of aromatic nitrogens is 2. The van der Waals surface area contributed by atoms with E-state index in [1.165, 1.54) is 12.8 Å². The second-order valence-electron chi connectivity index (χ2n) is 6.41. The molecule has 0 atom stereocenters. The molecule has 7 nitrogen and oxygen atoms in total. The molecule has 26 heavy (non-hydrogen) atoms. The van der Waals surface area contributed by atoms with E-state index in [9.17, 15) is 4.79 Å². The van der Waals surface area contributed by atoms with Gasteiger partial charge in [0.25, 0.3) is 0 Å². The molecule has 2 aliphatic rings. The first-order valence-electron chi connectivity index (χ1n) is 8.95. The highest BCUT2D eigenvalue weighted by molar-refractivity contribution is 5.89. The minimum Gasteiger partial charge on any atom is -0.493 e. The van der Waals surface area contributed by atoms with Gasteiger partial charge in [-0.25, -0.2) is 4.79 Å². The molecule has 4 rings (SSSR count). The SMILES string of the molecule is COC(=O)c1nn(CCCOc2ccc3c(c2)OCO3)c2c1CCCC2. The van der Waals surface area contributed by atoms with E-state index in [4.69, 9.17) is 18.9 Å². The number of hydrogen-bond acceptors (Lipinski definition) is 6. The molecule has 1 aromatic heterocycles. The first kappa shape index (κ1) is 16.8. The van der Waals surface area contributed by atoms with Crippen molar-refractivity contribution < 1.29 is 23.7 Å². The Hall–Kier alpha value is -2.70. The first-order chi connectivity index (χ1) is 12.8. The Morgan fingerprint density at radius 3 is 2.96 bits per heavy atom. The Morgan fingerprint density at radius 1 is 1.23 bits per heavy atom. The third-order valence-corrected chi connectivity index (χ3v) is 4.76. The molecule has 2 aromatic rings. The lowest BCUT2D eigenvalue weighted by Gasteiger charge is -2.14. The number of hydrogen-bond donors (Lipinski definition) is 0. The van der Waals surface area contributed by atoms with Crippen LogP contribution in [0.25, 0.3) is 0 Å². The zero-order chi connectivity index (χ0) is 17.9. The Bertz CT molecular complexity index is 815. The lowest BCUT2D eigenvalue weighted by atomic mass is 9.95. The summed E-state index contributed by atoms with van der Waals surface area (Å²) >= 11 is 0. The highest BCUT2D eigenvalue weighted by atomic mass is 16.7. The molecule has 2 heterocycles. The number of nitrogens with zero attached hydrogens (tertiary/aromatic N) is 2. The summed E-state index contributed by atoms with van der Waals surface area (Å²) in [7, 11) is 1.40. The average molecular weight is 358 g/mol. The molecule has 0 radical (unpaired) electrons. The van der Waals surface area contributed by atoms with E-state index in [2.05, 4.69) is 5.10 Å². The third kappa shape index (κ3) is 3.21. The number of carbonyl (C=O) groups is 1. The summed E-state index contributed by atoms with van der Waals surface area (Å²) in [5, 5.41) is 4.50. The van der Waals surface area contributed by atoms with Gasteiger partial charge in [-0.15, -0.1) is 0 Å². The van der Waals surface area contributed by atoms with E-state index in [0.29, 0.717) is 24.6 Å². The minimum atomic E-state index is -0.349. The monoisotopic (exact) mass is 358 g/mol. The van der Waals surface area contributed by atoms with Crippen LogP contribution < -0.4 is 14.2 Å².